The molecule has 0 saturated carbocycles. The van der Waals surface area contributed by atoms with Gasteiger partial charge in [-0.25, -0.2) is 9.78 Å². The van der Waals surface area contributed by atoms with Gasteiger partial charge in [-0.15, -0.1) is 0 Å². The molecule has 0 aliphatic rings. The van der Waals surface area contributed by atoms with E-state index < -0.39 is 23.7 Å². The number of alkyl halides is 3. The number of aromatic nitrogens is 2. The fraction of sp³-hybridized carbons (Fsp3) is 0.111. The average molecular weight is 245 g/mol. The molecule has 0 aromatic carbocycles. The zero-order valence-corrected chi connectivity index (χ0v) is 8.19. The average Bonchev–Trinajstić information content (AvgIpc) is 2.57. The maximum absolute atomic E-state index is 12.6. The summed E-state index contributed by atoms with van der Waals surface area (Å²) in [4.78, 5) is 13.9. The number of imidazole rings is 1. The minimum atomic E-state index is -4.75. The minimum absolute atomic E-state index is 0.0760. The van der Waals surface area contributed by atoms with Gasteiger partial charge in [0.1, 0.15) is 5.52 Å². The molecule has 0 aliphatic carbocycles. The van der Waals surface area contributed by atoms with Gasteiger partial charge in [-0.05, 0) is 12.1 Å². The Morgan fingerprint density at radius 3 is 2.65 bits per heavy atom. The van der Waals surface area contributed by atoms with Gasteiger partial charge in [0.25, 0.3) is 0 Å². The van der Waals surface area contributed by atoms with Crippen LogP contribution in [0.25, 0.3) is 5.52 Å². The first-order valence-corrected chi connectivity index (χ1v) is 4.39. The topological polar surface area (TPSA) is 80.6 Å². The maximum Gasteiger partial charge on any atom is 0.450 e. The molecule has 3 N–H and O–H groups in total. The maximum atomic E-state index is 12.6. The van der Waals surface area contributed by atoms with E-state index in [-0.39, 0.29) is 11.2 Å². The number of rotatable bonds is 1. The number of halogens is 3. The molecule has 90 valence electrons. The van der Waals surface area contributed by atoms with Crippen LogP contribution in [0.3, 0.4) is 0 Å². The highest BCUT2D eigenvalue weighted by Crippen LogP contribution is 2.31. The third-order valence-corrected chi connectivity index (χ3v) is 2.15. The van der Waals surface area contributed by atoms with E-state index >= 15 is 0 Å². The normalized spacial score (nSPS) is 11.9. The molecule has 2 aromatic rings. The third-order valence-electron chi connectivity index (χ3n) is 2.15. The lowest BCUT2D eigenvalue weighted by atomic mass is 10.3. The third kappa shape index (κ3) is 1.67. The number of nitrogen functional groups attached to an aromatic ring is 1. The highest BCUT2D eigenvalue weighted by atomic mass is 19.4. The fourth-order valence-electron chi connectivity index (χ4n) is 1.51. The molecule has 5 nitrogen and oxygen atoms in total. The molecule has 0 aliphatic heterocycles. The number of aromatic carboxylic acids is 1. The van der Waals surface area contributed by atoms with Crippen LogP contribution in [0.1, 0.15) is 16.3 Å². The molecule has 0 spiro atoms. The summed E-state index contributed by atoms with van der Waals surface area (Å²) in [6.45, 7) is 0. The highest BCUT2D eigenvalue weighted by Gasteiger charge is 2.38. The van der Waals surface area contributed by atoms with Gasteiger partial charge in [-0.2, -0.15) is 13.2 Å². The van der Waals surface area contributed by atoms with Crippen LogP contribution < -0.4 is 5.73 Å². The number of carboxylic acids is 1. The predicted octanol–water partition coefficient (Wildman–Crippen LogP) is 1.63. The second-order valence-electron chi connectivity index (χ2n) is 3.27. The first kappa shape index (κ1) is 11.2. The number of hydrogen-bond donors (Lipinski definition) is 2. The van der Waals surface area contributed by atoms with E-state index in [1.54, 1.807) is 0 Å². The van der Waals surface area contributed by atoms with Gasteiger partial charge in [0.15, 0.2) is 5.69 Å². The van der Waals surface area contributed by atoms with Crippen LogP contribution in [0.2, 0.25) is 0 Å². The number of hydrogen-bond acceptors (Lipinski definition) is 3. The molecule has 2 aromatic heterocycles. The smallest absolute Gasteiger partial charge is 0.450 e. The number of pyridine rings is 1. The molecule has 0 radical (unpaired) electrons. The molecule has 0 saturated heterocycles. The van der Waals surface area contributed by atoms with Gasteiger partial charge in [0.05, 0.1) is 5.69 Å². The van der Waals surface area contributed by atoms with Crippen molar-refractivity contribution in [2.24, 2.45) is 0 Å². The van der Waals surface area contributed by atoms with E-state index in [4.69, 9.17) is 10.8 Å². The number of anilines is 1. The van der Waals surface area contributed by atoms with E-state index in [9.17, 15) is 18.0 Å². The van der Waals surface area contributed by atoms with Crippen molar-refractivity contribution in [1.29, 1.82) is 0 Å². The van der Waals surface area contributed by atoms with Crippen molar-refractivity contribution in [3.63, 3.8) is 0 Å². The number of nitrogens with zero attached hydrogens (tertiary/aromatic N) is 2. The molecule has 0 amide bonds. The van der Waals surface area contributed by atoms with Crippen LogP contribution in [0.5, 0.6) is 0 Å². The Hall–Kier alpha value is -2.25. The Morgan fingerprint density at radius 1 is 1.47 bits per heavy atom. The minimum Gasteiger partial charge on any atom is -0.476 e. The molecule has 2 heterocycles. The molecule has 0 fully saturated rings. The lowest BCUT2D eigenvalue weighted by Crippen LogP contribution is -2.10. The second-order valence-corrected chi connectivity index (χ2v) is 3.27. The first-order chi connectivity index (χ1) is 7.82. The number of carboxylic acid groups (broad SMARTS) is 1. The summed E-state index contributed by atoms with van der Waals surface area (Å²) in [5.74, 6) is -2.87. The summed E-state index contributed by atoms with van der Waals surface area (Å²) in [7, 11) is 0. The molecule has 8 heteroatoms. The quantitative estimate of drug-likeness (QED) is 0.800. The second kappa shape index (κ2) is 3.37. The number of carbonyl (C=O) groups is 1. The molecular formula is C9H6F3N3O2. The van der Waals surface area contributed by atoms with Crippen LogP contribution in [-0.4, -0.2) is 20.5 Å². The number of nitrogens with two attached hydrogens (primary N) is 1. The van der Waals surface area contributed by atoms with Crippen molar-refractivity contribution >= 4 is 17.2 Å². The Balaban J connectivity index is 2.90. The fourth-order valence-corrected chi connectivity index (χ4v) is 1.51. The lowest BCUT2D eigenvalue weighted by molar-refractivity contribution is -0.145. The zero-order valence-electron chi connectivity index (χ0n) is 8.19. The van der Waals surface area contributed by atoms with Crippen molar-refractivity contribution in [2.45, 2.75) is 6.18 Å². The van der Waals surface area contributed by atoms with Crippen molar-refractivity contribution in [2.75, 3.05) is 5.73 Å². The summed E-state index contributed by atoms with van der Waals surface area (Å²) in [5, 5.41) is 8.79. The van der Waals surface area contributed by atoms with E-state index in [1.165, 1.54) is 12.1 Å². The van der Waals surface area contributed by atoms with Gasteiger partial charge in [0.2, 0.25) is 5.82 Å². The van der Waals surface area contributed by atoms with Gasteiger partial charge < -0.3 is 10.8 Å². The predicted molar refractivity (Wildman–Crippen MR) is 51.6 cm³/mol. The van der Waals surface area contributed by atoms with Crippen LogP contribution in [0, 0.1) is 0 Å². The summed E-state index contributed by atoms with van der Waals surface area (Å²) in [6.07, 6.45) is -3.68. The number of fused-ring (bicyclic) bond motifs is 1. The Labute approximate surface area is 92.3 Å². The zero-order chi connectivity index (χ0) is 12.8. The largest absolute Gasteiger partial charge is 0.476 e. The van der Waals surface area contributed by atoms with E-state index in [2.05, 4.69) is 4.98 Å². The summed E-state index contributed by atoms with van der Waals surface area (Å²) in [6, 6.07) is 2.59. The van der Waals surface area contributed by atoms with Crippen LogP contribution in [0.4, 0.5) is 18.9 Å². The van der Waals surface area contributed by atoms with Gasteiger partial charge in [-0.3, -0.25) is 4.40 Å². The molecule has 0 atom stereocenters. The molecule has 2 rings (SSSR count). The molecular weight excluding hydrogens is 239 g/mol. The monoisotopic (exact) mass is 245 g/mol. The lowest BCUT2D eigenvalue weighted by Gasteiger charge is -2.05. The summed E-state index contributed by atoms with van der Waals surface area (Å²) in [5.41, 5.74) is 4.41. The Morgan fingerprint density at radius 2 is 2.12 bits per heavy atom. The van der Waals surface area contributed by atoms with Gasteiger partial charge in [-0.1, -0.05) is 0 Å². The molecule has 0 unspecified atom stereocenters. The van der Waals surface area contributed by atoms with Crippen molar-refractivity contribution in [3.05, 3.63) is 29.8 Å². The summed E-state index contributed by atoms with van der Waals surface area (Å²) >= 11 is 0. The Kier molecular flexibility index (Phi) is 2.23. The van der Waals surface area contributed by atoms with E-state index in [1.807, 2.05) is 0 Å². The highest BCUT2D eigenvalue weighted by molar-refractivity contribution is 5.97. The van der Waals surface area contributed by atoms with Crippen molar-refractivity contribution < 1.29 is 23.1 Å². The molecule has 17 heavy (non-hydrogen) atoms. The van der Waals surface area contributed by atoms with Gasteiger partial charge in [0, 0.05) is 6.20 Å². The van der Waals surface area contributed by atoms with E-state index in [0.717, 1.165) is 6.20 Å². The van der Waals surface area contributed by atoms with Crippen LogP contribution in [-0.2, 0) is 6.18 Å². The first-order valence-electron chi connectivity index (χ1n) is 4.39. The SMILES string of the molecule is Nc1cccn2c(C(F)(F)F)nc(C(=O)O)c12. The van der Waals surface area contributed by atoms with Crippen molar-refractivity contribution in [3.8, 4) is 0 Å². The van der Waals surface area contributed by atoms with E-state index in [0.29, 0.717) is 4.40 Å². The Bertz CT molecular complexity index is 603. The van der Waals surface area contributed by atoms with Crippen molar-refractivity contribution in [1.82, 2.24) is 9.38 Å². The standard InChI is InChI=1S/C9H6F3N3O2/c10-9(11,12)8-14-5(7(16)17)6-4(13)2-1-3-15(6)8/h1-3H,13H2,(H,16,17). The van der Waals surface area contributed by atoms with Crippen LogP contribution >= 0.6 is 0 Å². The summed E-state index contributed by atoms with van der Waals surface area (Å²) < 4.78 is 38.5. The van der Waals surface area contributed by atoms with Crippen LogP contribution in [0.15, 0.2) is 18.3 Å². The van der Waals surface area contributed by atoms with Gasteiger partial charge >= 0.3 is 12.1 Å². The molecule has 0 bridgehead atoms.